The molecule has 4 nitrogen and oxygen atoms in total. The molecule has 2 aromatic rings. The normalized spacial score (nSPS) is 13.0. The summed E-state index contributed by atoms with van der Waals surface area (Å²) in [6, 6.07) is 12.4. The summed E-state index contributed by atoms with van der Waals surface area (Å²) < 4.78 is 17.6. The van der Waals surface area contributed by atoms with Gasteiger partial charge in [-0.3, -0.25) is 0 Å². The lowest BCUT2D eigenvalue weighted by Crippen LogP contribution is -2.29. The van der Waals surface area contributed by atoms with E-state index in [0.29, 0.717) is 22.3 Å². The molecular formula is C20H22BrClO4. The first-order chi connectivity index (χ1) is 12.4. The van der Waals surface area contributed by atoms with Gasteiger partial charge in [0.25, 0.3) is 0 Å². The minimum atomic E-state index is -0.679. The summed E-state index contributed by atoms with van der Waals surface area (Å²) in [4.78, 5) is 12.0. The van der Waals surface area contributed by atoms with Crippen molar-refractivity contribution in [3.8, 4) is 17.2 Å². The monoisotopic (exact) mass is 440 g/mol. The van der Waals surface area contributed by atoms with Gasteiger partial charge in [-0.25, -0.2) is 4.79 Å². The van der Waals surface area contributed by atoms with Crippen molar-refractivity contribution in [3.63, 3.8) is 0 Å². The molecule has 0 bridgehead atoms. The Labute approximate surface area is 167 Å². The summed E-state index contributed by atoms with van der Waals surface area (Å²) in [7, 11) is 0. The molecule has 0 fully saturated rings. The molecule has 2 aromatic carbocycles. The van der Waals surface area contributed by atoms with Crippen LogP contribution in [0.5, 0.6) is 17.2 Å². The third-order valence-corrected chi connectivity index (χ3v) is 4.39. The van der Waals surface area contributed by atoms with Crippen LogP contribution in [0.4, 0.5) is 0 Å². The van der Waals surface area contributed by atoms with Crippen molar-refractivity contribution in [1.29, 1.82) is 0 Å². The van der Waals surface area contributed by atoms with Gasteiger partial charge in [0, 0.05) is 4.47 Å². The summed E-state index contributed by atoms with van der Waals surface area (Å²) in [5, 5.41) is 0.511. The Balaban J connectivity index is 1.93. The molecular weight excluding hydrogens is 420 g/mol. The largest absolute Gasteiger partial charge is 0.479 e. The number of benzene rings is 2. The third-order valence-electron chi connectivity index (χ3n) is 3.60. The topological polar surface area (TPSA) is 44.8 Å². The van der Waals surface area contributed by atoms with E-state index in [1.54, 1.807) is 43.3 Å². The molecule has 2 rings (SSSR count). The zero-order valence-corrected chi connectivity index (χ0v) is 17.3. The van der Waals surface area contributed by atoms with E-state index in [-0.39, 0.29) is 12.1 Å². The standard InChI is InChI=1S/C20H22BrClO4/c1-4-5-13(2)24-20(23)14(3)25-16-7-9-17(10-8-16)26-19-11-6-15(21)12-18(19)22/h6-14H,4-5H2,1-3H3. The maximum atomic E-state index is 12.0. The molecule has 0 aliphatic heterocycles. The highest BCUT2D eigenvalue weighted by molar-refractivity contribution is 9.10. The van der Waals surface area contributed by atoms with Crippen LogP contribution in [0.15, 0.2) is 46.9 Å². The van der Waals surface area contributed by atoms with Crippen molar-refractivity contribution in [2.24, 2.45) is 0 Å². The van der Waals surface area contributed by atoms with E-state index in [2.05, 4.69) is 22.9 Å². The van der Waals surface area contributed by atoms with Crippen LogP contribution in [0, 0.1) is 0 Å². The van der Waals surface area contributed by atoms with E-state index in [1.165, 1.54) is 0 Å². The summed E-state index contributed by atoms with van der Waals surface area (Å²) in [5.74, 6) is 1.37. The summed E-state index contributed by atoms with van der Waals surface area (Å²) in [5.41, 5.74) is 0. The van der Waals surface area contributed by atoms with Crippen molar-refractivity contribution in [1.82, 2.24) is 0 Å². The fraction of sp³-hybridized carbons (Fsp3) is 0.350. The Hall–Kier alpha value is -1.72. The van der Waals surface area contributed by atoms with E-state index in [1.807, 2.05) is 13.0 Å². The average Bonchev–Trinajstić information content (AvgIpc) is 2.59. The Bertz CT molecular complexity index is 733. The quantitative estimate of drug-likeness (QED) is 0.445. The molecule has 0 amide bonds. The van der Waals surface area contributed by atoms with Crippen LogP contribution < -0.4 is 9.47 Å². The maximum Gasteiger partial charge on any atom is 0.347 e. The second-order valence-electron chi connectivity index (χ2n) is 5.94. The summed E-state index contributed by atoms with van der Waals surface area (Å²) in [6.45, 7) is 5.61. The molecule has 2 unspecified atom stereocenters. The van der Waals surface area contributed by atoms with Crippen molar-refractivity contribution in [2.75, 3.05) is 0 Å². The number of carbonyl (C=O) groups excluding carboxylic acids is 1. The minimum absolute atomic E-state index is 0.106. The third kappa shape index (κ3) is 6.22. The van der Waals surface area contributed by atoms with Crippen molar-refractivity contribution < 1.29 is 19.0 Å². The lowest BCUT2D eigenvalue weighted by Gasteiger charge is -2.17. The fourth-order valence-corrected chi connectivity index (χ4v) is 2.99. The average molecular weight is 442 g/mol. The van der Waals surface area contributed by atoms with Gasteiger partial charge >= 0.3 is 5.97 Å². The highest BCUT2D eigenvalue weighted by Crippen LogP contribution is 2.32. The molecule has 0 radical (unpaired) electrons. The van der Waals surface area contributed by atoms with Gasteiger partial charge in [-0.1, -0.05) is 40.9 Å². The van der Waals surface area contributed by atoms with Gasteiger partial charge in [0.15, 0.2) is 6.10 Å². The van der Waals surface area contributed by atoms with Gasteiger partial charge in [0.1, 0.15) is 17.2 Å². The lowest BCUT2D eigenvalue weighted by atomic mass is 10.2. The van der Waals surface area contributed by atoms with E-state index < -0.39 is 6.10 Å². The number of ether oxygens (including phenoxy) is 3. The number of esters is 1. The minimum Gasteiger partial charge on any atom is -0.479 e. The molecule has 0 aromatic heterocycles. The number of carbonyl (C=O) groups is 1. The molecule has 0 aliphatic rings. The zero-order chi connectivity index (χ0) is 19.1. The van der Waals surface area contributed by atoms with Crippen LogP contribution in [-0.2, 0) is 9.53 Å². The maximum absolute atomic E-state index is 12.0. The van der Waals surface area contributed by atoms with Gasteiger partial charge < -0.3 is 14.2 Å². The predicted molar refractivity (Wildman–Crippen MR) is 106 cm³/mol. The lowest BCUT2D eigenvalue weighted by molar-refractivity contribution is -0.156. The Kier molecular flexibility index (Phi) is 7.79. The second kappa shape index (κ2) is 9.83. The number of rotatable bonds is 8. The summed E-state index contributed by atoms with van der Waals surface area (Å²) >= 11 is 9.50. The SMILES string of the molecule is CCCC(C)OC(=O)C(C)Oc1ccc(Oc2ccc(Br)cc2Cl)cc1. The van der Waals surface area contributed by atoms with Gasteiger partial charge in [-0.2, -0.15) is 0 Å². The summed E-state index contributed by atoms with van der Waals surface area (Å²) in [6.07, 6.45) is 1.02. The molecule has 2 atom stereocenters. The molecule has 0 saturated carbocycles. The number of halogens is 2. The number of hydrogen-bond donors (Lipinski definition) is 0. The molecule has 26 heavy (non-hydrogen) atoms. The van der Waals surface area contributed by atoms with Crippen LogP contribution in [0.2, 0.25) is 5.02 Å². The van der Waals surface area contributed by atoms with Gasteiger partial charge in [-0.15, -0.1) is 0 Å². The Morgan fingerprint density at radius 3 is 2.38 bits per heavy atom. The Morgan fingerprint density at radius 1 is 1.12 bits per heavy atom. The molecule has 0 saturated heterocycles. The molecule has 0 N–H and O–H groups in total. The second-order valence-corrected chi connectivity index (χ2v) is 7.27. The van der Waals surface area contributed by atoms with E-state index >= 15 is 0 Å². The molecule has 6 heteroatoms. The fourth-order valence-electron chi connectivity index (χ4n) is 2.28. The van der Waals surface area contributed by atoms with Gasteiger partial charge in [0.05, 0.1) is 11.1 Å². The van der Waals surface area contributed by atoms with Crippen LogP contribution in [0.1, 0.15) is 33.6 Å². The van der Waals surface area contributed by atoms with Crippen LogP contribution in [0.3, 0.4) is 0 Å². The van der Waals surface area contributed by atoms with E-state index in [4.69, 9.17) is 25.8 Å². The molecule has 140 valence electrons. The Morgan fingerprint density at radius 2 is 1.77 bits per heavy atom. The van der Waals surface area contributed by atoms with Gasteiger partial charge in [0.2, 0.25) is 0 Å². The first kappa shape index (κ1) is 20.6. The first-order valence-corrected chi connectivity index (χ1v) is 9.66. The van der Waals surface area contributed by atoms with E-state index in [0.717, 1.165) is 17.3 Å². The highest BCUT2D eigenvalue weighted by atomic mass is 79.9. The molecule has 0 aliphatic carbocycles. The predicted octanol–water partition coefficient (Wildman–Crippen LogP) is 6.39. The van der Waals surface area contributed by atoms with Crippen molar-refractivity contribution in [3.05, 3.63) is 52.0 Å². The van der Waals surface area contributed by atoms with Crippen molar-refractivity contribution in [2.45, 2.75) is 45.8 Å². The molecule has 0 heterocycles. The molecule has 0 spiro atoms. The van der Waals surface area contributed by atoms with Gasteiger partial charge in [-0.05, 0) is 62.7 Å². The van der Waals surface area contributed by atoms with Crippen molar-refractivity contribution >= 4 is 33.5 Å². The smallest absolute Gasteiger partial charge is 0.347 e. The van der Waals surface area contributed by atoms with Crippen LogP contribution in [-0.4, -0.2) is 18.2 Å². The first-order valence-electron chi connectivity index (χ1n) is 8.49. The number of hydrogen-bond acceptors (Lipinski definition) is 4. The van der Waals surface area contributed by atoms with Crippen LogP contribution in [0.25, 0.3) is 0 Å². The van der Waals surface area contributed by atoms with E-state index in [9.17, 15) is 4.79 Å². The van der Waals surface area contributed by atoms with Crippen LogP contribution >= 0.6 is 27.5 Å². The highest BCUT2D eigenvalue weighted by Gasteiger charge is 2.19. The zero-order valence-electron chi connectivity index (χ0n) is 15.0.